The number of nitrogens with zero attached hydrogens (tertiary/aromatic N) is 2. The lowest BCUT2D eigenvalue weighted by molar-refractivity contribution is 0.311. The van der Waals surface area contributed by atoms with E-state index in [1.54, 1.807) is 19.4 Å². The van der Waals surface area contributed by atoms with Crippen molar-refractivity contribution in [1.82, 2.24) is 4.98 Å². The van der Waals surface area contributed by atoms with E-state index in [0.29, 0.717) is 28.9 Å². The zero-order chi connectivity index (χ0) is 16.8. The zero-order valence-corrected chi connectivity index (χ0v) is 14.7. The SMILES string of the molecule is CCOc1ccc(/C=N\Nc2nc(Cl)c(Cl)cc2Cl)cc1OC. The molecule has 2 rings (SSSR count). The molecule has 0 spiro atoms. The van der Waals surface area contributed by atoms with E-state index in [4.69, 9.17) is 44.3 Å². The predicted molar refractivity (Wildman–Crippen MR) is 94.6 cm³/mol. The van der Waals surface area contributed by atoms with Gasteiger partial charge in [0.15, 0.2) is 17.3 Å². The summed E-state index contributed by atoms with van der Waals surface area (Å²) in [7, 11) is 1.58. The van der Waals surface area contributed by atoms with Crippen molar-refractivity contribution >= 4 is 46.8 Å². The molecular weight excluding hydrogens is 361 g/mol. The summed E-state index contributed by atoms with van der Waals surface area (Å²) in [5, 5.41) is 4.82. The molecule has 5 nitrogen and oxygen atoms in total. The van der Waals surface area contributed by atoms with Crippen LogP contribution in [0.15, 0.2) is 29.4 Å². The highest BCUT2D eigenvalue weighted by Crippen LogP contribution is 2.29. The molecule has 1 aromatic heterocycles. The average molecular weight is 375 g/mol. The summed E-state index contributed by atoms with van der Waals surface area (Å²) in [5.41, 5.74) is 3.53. The number of anilines is 1. The summed E-state index contributed by atoms with van der Waals surface area (Å²) >= 11 is 17.7. The van der Waals surface area contributed by atoms with Crippen LogP contribution in [0.2, 0.25) is 15.2 Å². The first-order valence-electron chi connectivity index (χ1n) is 6.66. The van der Waals surface area contributed by atoms with Crippen molar-refractivity contribution in [1.29, 1.82) is 0 Å². The second-order valence-corrected chi connectivity index (χ2v) is 5.48. The number of aromatic nitrogens is 1. The van der Waals surface area contributed by atoms with Crippen molar-refractivity contribution in [3.63, 3.8) is 0 Å². The first kappa shape index (κ1) is 17.7. The third-order valence-corrected chi connectivity index (χ3v) is 3.72. The standard InChI is InChI=1S/C15H14Cl3N3O2/c1-3-23-12-5-4-9(6-13(12)22-2)8-19-21-15-11(17)7-10(16)14(18)20-15/h4-8H,3H2,1-2H3,(H,20,21)/b19-8-. The largest absolute Gasteiger partial charge is 0.493 e. The van der Waals surface area contributed by atoms with E-state index >= 15 is 0 Å². The molecule has 1 aromatic carbocycles. The number of benzene rings is 1. The van der Waals surface area contributed by atoms with E-state index < -0.39 is 0 Å². The number of pyridine rings is 1. The van der Waals surface area contributed by atoms with Gasteiger partial charge in [-0.1, -0.05) is 34.8 Å². The number of rotatable bonds is 6. The van der Waals surface area contributed by atoms with Crippen LogP contribution in [0, 0.1) is 0 Å². The lowest BCUT2D eigenvalue weighted by atomic mass is 10.2. The van der Waals surface area contributed by atoms with Crippen LogP contribution in [0.1, 0.15) is 12.5 Å². The molecule has 1 heterocycles. The quantitative estimate of drug-likeness (QED) is 0.444. The summed E-state index contributed by atoms with van der Waals surface area (Å²) in [6.45, 7) is 2.47. The van der Waals surface area contributed by atoms with Crippen molar-refractivity contribution in [2.45, 2.75) is 6.92 Å². The summed E-state index contributed by atoms with van der Waals surface area (Å²) in [5.74, 6) is 1.62. The van der Waals surface area contributed by atoms with Gasteiger partial charge in [0.1, 0.15) is 5.15 Å². The number of methoxy groups -OCH3 is 1. The van der Waals surface area contributed by atoms with Crippen molar-refractivity contribution in [2.75, 3.05) is 19.1 Å². The summed E-state index contributed by atoms with van der Waals surface area (Å²) in [4.78, 5) is 4.01. The molecule has 0 fully saturated rings. The number of hydrazone groups is 1. The van der Waals surface area contributed by atoms with Gasteiger partial charge in [0.25, 0.3) is 0 Å². The Bertz CT molecular complexity index is 723. The van der Waals surface area contributed by atoms with E-state index in [9.17, 15) is 0 Å². The van der Waals surface area contributed by atoms with Crippen LogP contribution in [0.25, 0.3) is 0 Å². The Hall–Kier alpha value is -1.69. The number of hydrogen-bond acceptors (Lipinski definition) is 5. The highest BCUT2D eigenvalue weighted by Gasteiger charge is 2.07. The van der Waals surface area contributed by atoms with Crippen molar-refractivity contribution in [3.8, 4) is 11.5 Å². The van der Waals surface area contributed by atoms with Gasteiger partial charge in [0.05, 0.1) is 30.0 Å². The molecule has 0 aliphatic carbocycles. The van der Waals surface area contributed by atoms with E-state index in [1.165, 1.54) is 6.07 Å². The van der Waals surface area contributed by atoms with Gasteiger partial charge in [-0.15, -0.1) is 0 Å². The van der Waals surface area contributed by atoms with Gasteiger partial charge in [-0.05, 0) is 36.8 Å². The molecule has 23 heavy (non-hydrogen) atoms. The second kappa shape index (κ2) is 8.24. The maximum atomic E-state index is 6.01. The van der Waals surface area contributed by atoms with Crippen LogP contribution in [0.3, 0.4) is 0 Å². The first-order valence-corrected chi connectivity index (χ1v) is 7.80. The van der Waals surface area contributed by atoms with E-state index in [2.05, 4.69) is 15.5 Å². The van der Waals surface area contributed by atoms with Crippen molar-refractivity contribution in [2.24, 2.45) is 5.10 Å². The van der Waals surface area contributed by atoms with Crippen LogP contribution in [-0.4, -0.2) is 24.9 Å². The fourth-order valence-electron chi connectivity index (χ4n) is 1.73. The van der Waals surface area contributed by atoms with Crippen LogP contribution in [0.4, 0.5) is 5.82 Å². The number of nitrogens with one attached hydrogen (secondary N) is 1. The molecule has 0 aliphatic rings. The minimum Gasteiger partial charge on any atom is -0.493 e. The lowest BCUT2D eigenvalue weighted by Gasteiger charge is -2.09. The number of ether oxygens (including phenoxy) is 2. The first-order chi connectivity index (χ1) is 11.0. The Morgan fingerprint density at radius 3 is 2.65 bits per heavy atom. The normalized spacial score (nSPS) is 10.8. The maximum Gasteiger partial charge on any atom is 0.166 e. The fraction of sp³-hybridized carbons (Fsp3) is 0.200. The maximum absolute atomic E-state index is 6.01. The van der Waals surface area contributed by atoms with Crippen molar-refractivity contribution in [3.05, 3.63) is 45.0 Å². The predicted octanol–water partition coefficient (Wildman–Crippen LogP) is 4.90. The molecule has 0 atom stereocenters. The molecule has 122 valence electrons. The molecule has 8 heteroatoms. The average Bonchev–Trinajstić information content (AvgIpc) is 2.53. The van der Waals surface area contributed by atoms with Gasteiger partial charge < -0.3 is 9.47 Å². The Morgan fingerprint density at radius 2 is 1.96 bits per heavy atom. The monoisotopic (exact) mass is 373 g/mol. The van der Waals surface area contributed by atoms with E-state index in [0.717, 1.165) is 5.56 Å². The highest BCUT2D eigenvalue weighted by atomic mass is 35.5. The topological polar surface area (TPSA) is 55.7 Å². The van der Waals surface area contributed by atoms with Crippen LogP contribution in [0.5, 0.6) is 11.5 Å². The number of halogens is 3. The van der Waals surface area contributed by atoms with Gasteiger partial charge >= 0.3 is 0 Å². The summed E-state index contributed by atoms with van der Waals surface area (Å²) < 4.78 is 10.7. The Kier molecular flexibility index (Phi) is 6.33. The second-order valence-electron chi connectivity index (χ2n) is 4.30. The third-order valence-electron chi connectivity index (χ3n) is 2.76. The third kappa shape index (κ3) is 4.64. The Morgan fingerprint density at radius 1 is 1.17 bits per heavy atom. The van der Waals surface area contributed by atoms with Crippen molar-refractivity contribution < 1.29 is 9.47 Å². The molecule has 0 radical (unpaired) electrons. The fourth-order valence-corrected chi connectivity index (χ4v) is 2.27. The molecule has 0 unspecified atom stereocenters. The van der Waals surface area contributed by atoms with E-state index in [-0.39, 0.29) is 10.2 Å². The van der Waals surface area contributed by atoms with Gasteiger partial charge in [-0.2, -0.15) is 5.10 Å². The molecule has 1 N–H and O–H groups in total. The van der Waals surface area contributed by atoms with Crippen LogP contribution >= 0.6 is 34.8 Å². The van der Waals surface area contributed by atoms with E-state index in [1.807, 2.05) is 19.1 Å². The molecule has 2 aromatic rings. The number of hydrogen-bond donors (Lipinski definition) is 1. The minimum absolute atomic E-state index is 0.150. The van der Waals surface area contributed by atoms with Crippen LogP contribution in [-0.2, 0) is 0 Å². The molecule has 0 saturated carbocycles. The molecular formula is C15H14Cl3N3O2. The van der Waals surface area contributed by atoms with Gasteiger partial charge in [-0.25, -0.2) is 4.98 Å². The van der Waals surface area contributed by atoms with Gasteiger partial charge in [0, 0.05) is 0 Å². The molecule has 0 aliphatic heterocycles. The van der Waals surface area contributed by atoms with Gasteiger partial charge in [-0.3, -0.25) is 5.43 Å². The highest BCUT2D eigenvalue weighted by molar-refractivity contribution is 6.42. The smallest absolute Gasteiger partial charge is 0.166 e. The Balaban J connectivity index is 2.13. The zero-order valence-electron chi connectivity index (χ0n) is 12.4. The molecule has 0 saturated heterocycles. The molecule has 0 amide bonds. The van der Waals surface area contributed by atoms with Crippen LogP contribution < -0.4 is 14.9 Å². The summed E-state index contributed by atoms with van der Waals surface area (Å²) in [6.07, 6.45) is 1.60. The minimum atomic E-state index is 0.150. The molecule has 0 bridgehead atoms. The lowest BCUT2D eigenvalue weighted by Crippen LogP contribution is -1.97. The van der Waals surface area contributed by atoms with Gasteiger partial charge in [0.2, 0.25) is 0 Å². The Labute approximate surface area is 149 Å². The summed E-state index contributed by atoms with van der Waals surface area (Å²) in [6, 6.07) is 6.97.